The van der Waals surface area contributed by atoms with Gasteiger partial charge in [0.05, 0.1) is 22.3 Å². The number of halogens is 1. The molecule has 0 radical (unpaired) electrons. The summed E-state index contributed by atoms with van der Waals surface area (Å²) < 4.78 is 5.57. The Kier molecular flexibility index (Phi) is 8.62. The lowest BCUT2D eigenvalue weighted by Gasteiger charge is -2.39. The number of benzene rings is 1. The Labute approximate surface area is 208 Å². The second kappa shape index (κ2) is 11.2. The zero-order chi connectivity index (χ0) is 24.8. The highest BCUT2D eigenvalue weighted by Gasteiger charge is 2.42. The van der Waals surface area contributed by atoms with Crippen molar-refractivity contribution in [2.24, 2.45) is 10.4 Å². The van der Waals surface area contributed by atoms with E-state index in [9.17, 15) is 4.79 Å². The van der Waals surface area contributed by atoms with Crippen LogP contribution in [0.25, 0.3) is 0 Å². The Morgan fingerprint density at radius 3 is 2.62 bits per heavy atom. The van der Waals surface area contributed by atoms with Crippen molar-refractivity contribution in [1.82, 2.24) is 9.80 Å². The Bertz CT molecular complexity index is 968. The van der Waals surface area contributed by atoms with Gasteiger partial charge in [0, 0.05) is 32.3 Å². The summed E-state index contributed by atoms with van der Waals surface area (Å²) >= 11 is 6.34. The number of allylic oxidation sites excluding steroid dienone is 1. The van der Waals surface area contributed by atoms with Crippen molar-refractivity contribution in [3.05, 3.63) is 41.1 Å². The minimum Gasteiger partial charge on any atom is -0.444 e. The molecule has 0 aromatic heterocycles. The van der Waals surface area contributed by atoms with Gasteiger partial charge in [-0.3, -0.25) is 0 Å². The molecule has 0 saturated carbocycles. The van der Waals surface area contributed by atoms with Crippen LogP contribution < -0.4 is 5.32 Å². The lowest BCUT2D eigenvalue weighted by molar-refractivity contribution is 0.0248. The molecule has 34 heavy (non-hydrogen) atoms. The summed E-state index contributed by atoms with van der Waals surface area (Å²) in [6.07, 6.45) is 7.46. The van der Waals surface area contributed by atoms with Gasteiger partial charge in [-0.05, 0) is 83.7 Å². The van der Waals surface area contributed by atoms with Gasteiger partial charge in [0.1, 0.15) is 11.4 Å². The number of carbonyl (C=O) groups is 1. The van der Waals surface area contributed by atoms with E-state index in [1.54, 1.807) is 18.3 Å². The van der Waals surface area contributed by atoms with E-state index >= 15 is 0 Å². The van der Waals surface area contributed by atoms with Gasteiger partial charge < -0.3 is 19.9 Å². The molecule has 8 heteroatoms. The van der Waals surface area contributed by atoms with Crippen molar-refractivity contribution in [3.8, 4) is 6.07 Å². The predicted octanol–water partition coefficient (Wildman–Crippen LogP) is 5.67. The molecular formula is C26H36ClN5O2. The summed E-state index contributed by atoms with van der Waals surface area (Å²) in [5, 5.41) is 12.9. The lowest BCUT2D eigenvalue weighted by Crippen LogP contribution is -2.43. The fraction of sp³-hybridized carbons (Fsp3) is 0.577. The van der Waals surface area contributed by atoms with Crippen LogP contribution in [-0.2, 0) is 4.74 Å². The van der Waals surface area contributed by atoms with Crippen LogP contribution in [0.1, 0.15) is 58.9 Å². The number of nitrogens with one attached hydrogen (secondary N) is 1. The molecule has 2 saturated heterocycles. The van der Waals surface area contributed by atoms with Gasteiger partial charge >= 0.3 is 6.09 Å². The van der Waals surface area contributed by atoms with Crippen molar-refractivity contribution in [2.75, 3.05) is 38.0 Å². The Balaban J connectivity index is 1.52. The van der Waals surface area contributed by atoms with Gasteiger partial charge in [-0.25, -0.2) is 9.79 Å². The molecule has 184 valence electrons. The smallest absolute Gasteiger partial charge is 0.410 e. The van der Waals surface area contributed by atoms with Crippen molar-refractivity contribution in [3.63, 3.8) is 0 Å². The molecule has 2 aliphatic rings. The first-order valence-electron chi connectivity index (χ1n) is 12.0. The van der Waals surface area contributed by atoms with Crippen LogP contribution in [-0.4, -0.2) is 60.1 Å². The quantitative estimate of drug-likeness (QED) is 0.429. The first-order chi connectivity index (χ1) is 16.1. The van der Waals surface area contributed by atoms with Crippen molar-refractivity contribution >= 4 is 29.2 Å². The van der Waals surface area contributed by atoms with E-state index in [0.29, 0.717) is 10.6 Å². The van der Waals surface area contributed by atoms with Gasteiger partial charge in [0.15, 0.2) is 0 Å². The van der Waals surface area contributed by atoms with Gasteiger partial charge in [-0.1, -0.05) is 17.7 Å². The van der Waals surface area contributed by atoms with Crippen LogP contribution in [0, 0.1) is 16.7 Å². The van der Waals surface area contributed by atoms with Crippen molar-refractivity contribution in [1.29, 1.82) is 5.26 Å². The fourth-order valence-corrected chi connectivity index (χ4v) is 4.73. The topological polar surface area (TPSA) is 81.0 Å². The van der Waals surface area contributed by atoms with Crippen LogP contribution in [0.5, 0.6) is 0 Å². The van der Waals surface area contributed by atoms with Gasteiger partial charge in [0.2, 0.25) is 0 Å². The highest BCUT2D eigenvalue weighted by molar-refractivity contribution is 6.33. The highest BCUT2D eigenvalue weighted by atomic mass is 35.5. The summed E-state index contributed by atoms with van der Waals surface area (Å²) in [6, 6.07) is 7.31. The number of carbonyl (C=O) groups excluding carboxylic acids is 1. The van der Waals surface area contributed by atoms with Crippen LogP contribution in [0.15, 0.2) is 35.5 Å². The third kappa shape index (κ3) is 7.22. The van der Waals surface area contributed by atoms with Crippen LogP contribution >= 0.6 is 11.6 Å². The summed E-state index contributed by atoms with van der Waals surface area (Å²) in [7, 11) is 0. The van der Waals surface area contributed by atoms with Gasteiger partial charge in [-0.15, -0.1) is 0 Å². The third-order valence-electron chi connectivity index (χ3n) is 6.43. The van der Waals surface area contributed by atoms with E-state index in [1.165, 1.54) is 0 Å². The molecule has 1 aromatic rings. The zero-order valence-electron chi connectivity index (χ0n) is 20.7. The lowest BCUT2D eigenvalue weighted by atomic mass is 9.78. The summed E-state index contributed by atoms with van der Waals surface area (Å²) in [5.41, 5.74) is 1.03. The van der Waals surface area contributed by atoms with E-state index in [2.05, 4.69) is 21.3 Å². The number of nitriles is 1. The number of piperidine rings is 1. The van der Waals surface area contributed by atoms with Crippen LogP contribution in [0.3, 0.4) is 0 Å². The minimum atomic E-state index is -0.460. The number of anilines is 1. The second-order valence-electron chi connectivity index (χ2n) is 10.2. The number of hydrogen-bond acceptors (Lipinski definition) is 5. The molecule has 0 aliphatic carbocycles. The maximum atomic E-state index is 12.5. The van der Waals surface area contributed by atoms with E-state index in [4.69, 9.17) is 21.6 Å². The number of amidine groups is 1. The number of nitrogens with zero attached hydrogens (tertiary/aromatic N) is 4. The maximum Gasteiger partial charge on any atom is 0.410 e. The maximum absolute atomic E-state index is 12.5. The van der Waals surface area contributed by atoms with Gasteiger partial charge in [0.25, 0.3) is 0 Å². The molecule has 2 aliphatic heterocycles. The average Bonchev–Trinajstić information content (AvgIpc) is 3.20. The monoisotopic (exact) mass is 485 g/mol. The normalized spacial score (nSPS) is 18.9. The molecule has 0 bridgehead atoms. The van der Waals surface area contributed by atoms with Crippen molar-refractivity contribution < 1.29 is 9.53 Å². The van der Waals surface area contributed by atoms with E-state index in [0.717, 1.165) is 69.9 Å². The molecule has 2 fully saturated rings. The number of likely N-dealkylation sites (tertiary alicyclic amines) is 2. The molecular weight excluding hydrogens is 450 g/mol. The fourth-order valence-electron chi connectivity index (χ4n) is 4.51. The summed E-state index contributed by atoms with van der Waals surface area (Å²) in [6.45, 7) is 12.2. The molecule has 1 spiro atoms. The number of rotatable bonds is 5. The number of ether oxygens (including phenoxy) is 1. The largest absolute Gasteiger partial charge is 0.444 e. The SMILES string of the molecule is C/C=C/N=C(CCN1CCC2(CC1)CCN(C(=O)OC(C)(C)C)C2)Nc1ccc(C#N)cc1Cl. The minimum absolute atomic E-state index is 0.191. The zero-order valence-corrected chi connectivity index (χ0v) is 21.5. The predicted molar refractivity (Wildman–Crippen MR) is 137 cm³/mol. The molecule has 1 amide bonds. The average molecular weight is 486 g/mol. The molecule has 1 N–H and O–H groups in total. The second-order valence-corrected chi connectivity index (χ2v) is 10.6. The highest BCUT2D eigenvalue weighted by Crippen LogP contribution is 2.40. The molecule has 7 nitrogen and oxygen atoms in total. The van der Waals surface area contributed by atoms with Crippen LogP contribution in [0.4, 0.5) is 10.5 Å². The Morgan fingerprint density at radius 1 is 1.29 bits per heavy atom. The van der Waals surface area contributed by atoms with Crippen molar-refractivity contribution in [2.45, 2.75) is 59.0 Å². The molecule has 3 rings (SSSR count). The van der Waals surface area contributed by atoms with E-state index in [1.807, 2.05) is 44.7 Å². The van der Waals surface area contributed by atoms with E-state index in [-0.39, 0.29) is 11.5 Å². The number of aliphatic imine (C=N–C) groups is 1. The van der Waals surface area contributed by atoms with Gasteiger partial charge in [-0.2, -0.15) is 5.26 Å². The number of hydrogen-bond donors (Lipinski definition) is 1. The Hall–Kier alpha value is -2.56. The molecule has 0 unspecified atom stereocenters. The van der Waals surface area contributed by atoms with E-state index < -0.39 is 5.60 Å². The third-order valence-corrected chi connectivity index (χ3v) is 6.74. The first-order valence-corrected chi connectivity index (χ1v) is 12.4. The standard InChI is InChI=1S/C26H36ClN5O2/c1-5-12-29-23(30-22-7-6-20(18-28)17-21(22)27)8-13-31-14-9-26(10-15-31)11-16-32(19-26)24(33)34-25(2,3)4/h5-7,12,17H,8-11,13-16,19H2,1-4H3,(H,29,30)/b12-5+. The number of amides is 1. The molecule has 2 heterocycles. The Morgan fingerprint density at radius 2 is 2.00 bits per heavy atom. The first kappa shape index (κ1) is 26.1. The summed E-state index contributed by atoms with van der Waals surface area (Å²) in [5.74, 6) is 0.835. The van der Waals surface area contributed by atoms with Crippen LogP contribution in [0.2, 0.25) is 5.02 Å². The molecule has 1 aromatic carbocycles. The molecule has 0 atom stereocenters. The summed E-state index contributed by atoms with van der Waals surface area (Å²) in [4.78, 5) is 21.4.